The fraction of sp³-hybridized carbons (Fsp3) is 0.545. The monoisotopic (exact) mass is 406 g/mol. The van der Waals surface area contributed by atoms with Crippen LogP contribution in [-0.4, -0.2) is 35.7 Å². The van der Waals surface area contributed by atoms with Gasteiger partial charge in [-0.25, -0.2) is 0 Å². The van der Waals surface area contributed by atoms with Crippen molar-refractivity contribution in [2.45, 2.75) is 58.3 Å². The number of benzene rings is 1. The molecule has 1 atom stereocenters. The minimum absolute atomic E-state index is 0.0620. The molecular weight excluding hydrogens is 376 g/mol. The quantitative estimate of drug-likeness (QED) is 0.464. The van der Waals surface area contributed by atoms with E-state index in [-0.39, 0.29) is 21.8 Å². The zero-order valence-corrected chi connectivity index (χ0v) is 17.9. The first-order valence-electron chi connectivity index (χ1n) is 9.99. The Kier molecular flexibility index (Phi) is 8.90. The third-order valence-electron chi connectivity index (χ3n) is 4.96. The molecule has 6 heteroatoms. The second-order valence-corrected chi connectivity index (χ2v) is 8.49. The van der Waals surface area contributed by atoms with E-state index in [1.165, 1.54) is 52.4 Å². The molecule has 0 aliphatic heterocycles. The van der Waals surface area contributed by atoms with Crippen LogP contribution < -0.4 is 9.47 Å². The summed E-state index contributed by atoms with van der Waals surface area (Å²) in [5, 5.41) is 0. The fourth-order valence-electron chi connectivity index (χ4n) is 3.40. The molecule has 2 rings (SSSR count). The lowest BCUT2D eigenvalue weighted by atomic mass is 9.93. The Morgan fingerprint density at radius 3 is 1.93 bits per heavy atom. The maximum absolute atomic E-state index is 12.9. The average Bonchev–Trinajstić information content (AvgIpc) is 2.71. The van der Waals surface area contributed by atoms with Crippen LogP contribution in [0, 0.1) is 0 Å². The molecule has 154 valence electrons. The molecule has 0 N–H and O–H groups in total. The minimum Gasteiger partial charge on any atom is -0.496 e. The van der Waals surface area contributed by atoms with Gasteiger partial charge < -0.3 is 9.47 Å². The second-order valence-electron chi connectivity index (χ2n) is 6.95. The van der Waals surface area contributed by atoms with Gasteiger partial charge in [-0.3, -0.25) is 13.8 Å². The molecule has 0 amide bonds. The zero-order chi connectivity index (χ0) is 20.5. The van der Waals surface area contributed by atoms with E-state index < -0.39 is 16.6 Å². The Bertz CT molecular complexity index is 766. The summed E-state index contributed by atoms with van der Waals surface area (Å²) in [5.41, 5.74) is 0.327. The summed E-state index contributed by atoms with van der Waals surface area (Å²) in [6.45, 7) is 2.20. The molecular formula is C22H30O5S. The highest BCUT2D eigenvalue weighted by Gasteiger charge is 2.34. The minimum atomic E-state index is -1.50. The van der Waals surface area contributed by atoms with Crippen LogP contribution >= 0.6 is 0 Å². The number of unbranched alkanes of at least 4 members (excludes halogenated alkanes) is 7. The number of ketones is 2. The van der Waals surface area contributed by atoms with Gasteiger partial charge in [-0.2, -0.15) is 0 Å². The number of carbonyl (C=O) groups excluding carboxylic acids is 2. The van der Waals surface area contributed by atoms with Crippen molar-refractivity contribution in [1.82, 2.24) is 0 Å². The van der Waals surface area contributed by atoms with Crippen LogP contribution in [-0.2, 0) is 10.8 Å². The molecule has 0 spiro atoms. The standard InChI is InChI=1S/C22H30O5S/c1-4-5-6-7-8-9-10-11-14-28(25)19-15-16(23)20-17(26-2)12-13-18(27-3)21(20)22(19)24/h12-13,15H,4-11,14H2,1-3H3. The van der Waals surface area contributed by atoms with Gasteiger partial charge in [0, 0.05) is 11.8 Å². The lowest BCUT2D eigenvalue weighted by Gasteiger charge is -2.19. The first-order chi connectivity index (χ1) is 13.5. The van der Waals surface area contributed by atoms with E-state index in [1.807, 2.05) is 0 Å². The number of methoxy groups -OCH3 is 2. The van der Waals surface area contributed by atoms with Gasteiger partial charge in [-0.05, 0) is 18.6 Å². The number of rotatable bonds is 12. The summed E-state index contributed by atoms with van der Waals surface area (Å²) in [6, 6.07) is 3.19. The van der Waals surface area contributed by atoms with Crippen molar-refractivity contribution in [1.29, 1.82) is 0 Å². The molecule has 0 saturated heterocycles. The summed E-state index contributed by atoms with van der Waals surface area (Å²) in [5.74, 6) is 0.219. The van der Waals surface area contributed by atoms with Gasteiger partial charge in [0.2, 0.25) is 5.78 Å². The highest BCUT2D eigenvalue weighted by molar-refractivity contribution is 7.90. The highest BCUT2D eigenvalue weighted by atomic mass is 32.2. The lowest BCUT2D eigenvalue weighted by molar-refractivity contribution is 0.0985. The van der Waals surface area contributed by atoms with Crippen molar-refractivity contribution in [2.75, 3.05) is 20.0 Å². The van der Waals surface area contributed by atoms with Crippen LogP contribution in [0.25, 0.3) is 0 Å². The Labute approximate surface area is 169 Å². The zero-order valence-electron chi connectivity index (χ0n) is 17.0. The smallest absolute Gasteiger partial charge is 0.206 e. The molecule has 1 aromatic carbocycles. The van der Waals surface area contributed by atoms with Crippen molar-refractivity contribution in [3.05, 3.63) is 34.2 Å². The van der Waals surface area contributed by atoms with Crippen molar-refractivity contribution >= 4 is 22.4 Å². The van der Waals surface area contributed by atoms with Gasteiger partial charge in [-0.15, -0.1) is 0 Å². The van der Waals surface area contributed by atoms with Crippen LogP contribution in [0.3, 0.4) is 0 Å². The summed E-state index contributed by atoms with van der Waals surface area (Å²) in [6.07, 6.45) is 10.3. The molecule has 1 unspecified atom stereocenters. The molecule has 1 aliphatic rings. The summed E-state index contributed by atoms with van der Waals surface area (Å²) < 4.78 is 23.2. The number of allylic oxidation sites excluding steroid dienone is 2. The second kappa shape index (κ2) is 11.1. The SMILES string of the molecule is CCCCCCCCCCS(=O)C1=CC(=O)c2c(OC)ccc(OC)c2C1=O. The number of hydrogen-bond acceptors (Lipinski definition) is 5. The molecule has 5 nitrogen and oxygen atoms in total. The molecule has 0 radical (unpaired) electrons. The van der Waals surface area contributed by atoms with E-state index in [0.717, 1.165) is 19.3 Å². The molecule has 0 fully saturated rings. The average molecular weight is 407 g/mol. The molecule has 0 saturated carbocycles. The van der Waals surface area contributed by atoms with Crippen LogP contribution in [0.15, 0.2) is 23.1 Å². The number of Topliss-reactive ketones (excluding diaryl/α,β-unsaturated/α-hetero) is 1. The normalized spacial score (nSPS) is 14.5. The molecule has 0 heterocycles. The van der Waals surface area contributed by atoms with Gasteiger partial charge in [0.1, 0.15) is 11.5 Å². The highest BCUT2D eigenvalue weighted by Crippen LogP contribution is 2.36. The lowest BCUT2D eigenvalue weighted by Crippen LogP contribution is -2.22. The van der Waals surface area contributed by atoms with Crippen LogP contribution in [0.4, 0.5) is 0 Å². The molecule has 1 aromatic rings. The Balaban J connectivity index is 2.00. The van der Waals surface area contributed by atoms with Crippen molar-refractivity contribution in [3.8, 4) is 11.5 Å². The van der Waals surface area contributed by atoms with Crippen molar-refractivity contribution in [3.63, 3.8) is 0 Å². The fourth-order valence-corrected chi connectivity index (χ4v) is 4.63. The maximum Gasteiger partial charge on any atom is 0.206 e. The van der Waals surface area contributed by atoms with Crippen molar-refractivity contribution < 1.29 is 23.3 Å². The van der Waals surface area contributed by atoms with Gasteiger partial charge in [0.05, 0.1) is 41.1 Å². The molecule has 28 heavy (non-hydrogen) atoms. The van der Waals surface area contributed by atoms with Gasteiger partial charge in [0.15, 0.2) is 5.78 Å². The van der Waals surface area contributed by atoms with E-state index in [9.17, 15) is 13.8 Å². The third-order valence-corrected chi connectivity index (χ3v) is 6.41. The first kappa shape index (κ1) is 22.3. The predicted octanol–water partition coefficient (Wildman–Crippen LogP) is 4.86. The van der Waals surface area contributed by atoms with Crippen LogP contribution in [0.5, 0.6) is 11.5 Å². The third kappa shape index (κ3) is 5.31. The molecule has 0 aromatic heterocycles. The van der Waals surface area contributed by atoms with Gasteiger partial charge in [0.25, 0.3) is 0 Å². The maximum atomic E-state index is 12.9. The van der Waals surface area contributed by atoms with E-state index in [4.69, 9.17) is 9.47 Å². The summed E-state index contributed by atoms with van der Waals surface area (Å²) in [7, 11) is 1.38. The van der Waals surface area contributed by atoms with E-state index in [1.54, 1.807) is 12.1 Å². The Morgan fingerprint density at radius 1 is 0.821 bits per heavy atom. The summed E-state index contributed by atoms with van der Waals surface area (Å²) >= 11 is 0. The van der Waals surface area contributed by atoms with Gasteiger partial charge >= 0.3 is 0 Å². The van der Waals surface area contributed by atoms with Crippen LogP contribution in [0.1, 0.15) is 79.0 Å². The largest absolute Gasteiger partial charge is 0.496 e. The summed E-state index contributed by atoms with van der Waals surface area (Å²) in [4.78, 5) is 25.6. The topological polar surface area (TPSA) is 69.7 Å². The number of carbonyl (C=O) groups is 2. The number of hydrogen-bond donors (Lipinski definition) is 0. The Hall–Kier alpha value is -1.95. The molecule has 0 bridgehead atoms. The van der Waals surface area contributed by atoms with E-state index in [2.05, 4.69) is 6.92 Å². The Morgan fingerprint density at radius 2 is 1.36 bits per heavy atom. The number of fused-ring (bicyclic) bond motifs is 1. The van der Waals surface area contributed by atoms with Gasteiger partial charge in [-0.1, -0.05) is 51.9 Å². The van der Waals surface area contributed by atoms with Crippen LogP contribution in [0.2, 0.25) is 0 Å². The first-order valence-corrected chi connectivity index (χ1v) is 11.3. The predicted molar refractivity (Wildman–Crippen MR) is 112 cm³/mol. The van der Waals surface area contributed by atoms with Crippen molar-refractivity contribution in [2.24, 2.45) is 0 Å². The number of ether oxygens (including phenoxy) is 2. The van der Waals surface area contributed by atoms with E-state index in [0.29, 0.717) is 17.3 Å². The van der Waals surface area contributed by atoms with E-state index >= 15 is 0 Å². The molecule has 1 aliphatic carbocycles.